The minimum absolute atomic E-state index is 0.0526. The zero-order valence-electron chi connectivity index (χ0n) is 13.7. The number of hydrogen-bond donors (Lipinski definition) is 2. The molecule has 2 rings (SSSR count). The first-order valence-corrected chi connectivity index (χ1v) is 10.7. The molecule has 0 aromatic heterocycles. The number of carbonyl (C=O) groups is 2. The summed E-state index contributed by atoms with van der Waals surface area (Å²) < 4.78 is 42.8. The molecule has 1 amide bonds. The number of Topliss-reactive ketones (excluding diaryl/α,β-unsaturated/α-hetero) is 1. The first-order valence-electron chi connectivity index (χ1n) is 7.59. The average Bonchev–Trinajstić information content (AvgIpc) is 2.54. The highest BCUT2D eigenvalue weighted by Crippen LogP contribution is 2.32. The van der Waals surface area contributed by atoms with E-state index in [9.17, 15) is 22.2 Å². The van der Waals surface area contributed by atoms with E-state index >= 15 is 0 Å². The summed E-state index contributed by atoms with van der Waals surface area (Å²) in [5, 5.41) is 2.68. The number of rotatable bonds is 5. The van der Waals surface area contributed by atoms with Gasteiger partial charge >= 0.3 is 0 Å². The maximum Gasteiger partial charge on any atom is 0.282 e. The van der Waals surface area contributed by atoms with Crippen molar-refractivity contribution in [1.82, 2.24) is 0 Å². The van der Waals surface area contributed by atoms with Gasteiger partial charge in [0.2, 0.25) is 5.91 Å². The summed E-state index contributed by atoms with van der Waals surface area (Å²) in [6, 6.07) is 4.96. The predicted molar refractivity (Wildman–Crippen MR) is 93.6 cm³/mol. The molecule has 2 N–H and O–H groups in total. The minimum Gasteiger partial charge on any atom is -0.326 e. The molecular formula is C16H19NO6S2. The fourth-order valence-electron chi connectivity index (χ4n) is 2.93. The molecule has 1 aromatic rings. The Morgan fingerprint density at radius 1 is 1.24 bits per heavy atom. The lowest BCUT2D eigenvalue weighted by atomic mass is 9.74. The number of allylic oxidation sites excluding steroid dienone is 2. The molecule has 7 nitrogen and oxygen atoms in total. The zero-order valence-corrected chi connectivity index (χ0v) is 15.3. The molecule has 25 heavy (non-hydrogen) atoms. The van der Waals surface area contributed by atoms with Gasteiger partial charge < -0.3 is 5.32 Å². The van der Waals surface area contributed by atoms with Crippen LogP contribution in [0.15, 0.2) is 41.3 Å². The number of nitrogens with one attached hydrogen (secondary N) is 1. The number of anilines is 1. The molecule has 0 aliphatic heterocycles. The van der Waals surface area contributed by atoms with Crippen molar-refractivity contribution in [2.75, 3.05) is 5.32 Å². The van der Waals surface area contributed by atoms with Crippen LogP contribution in [-0.2, 0) is 28.6 Å². The monoisotopic (exact) mass is 385 g/mol. The van der Waals surface area contributed by atoms with Gasteiger partial charge in [-0.2, -0.15) is 0 Å². The average molecular weight is 385 g/mol. The lowest BCUT2D eigenvalue weighted by Gasteiger charge is -2.30. The summed E-state index contributed by atoms with van der Waals surface area (Å²) in [6.07, 6.45) is 4.31. The van der Waals surface area contributed by atoms with E-state index in [0.29, 0.717) is 12.1 Å². The highest BCUT2D eigenvalue weighted by Gasteiger charge is 2.36. The summed E-state index contributed by atoms with van der Waals surface area (Å²) >= 11 is 0. The molecule has 1 aliphatic rings. The summed E-state index contributed by atoms with van der Waals surface area (Å²) in [5.41, 5.74) is 0.344. The van der Waals surface area contributed by atoms with Crippen LogP contribution < -0.4 is 5.32 Å². The molecule has 0 heterocycles. The number of hydrogen-bond acceptors (Lipinski definition) is 5. The lowest BCUT2D eigenvalue weighted by molar-refractivity contribution is -0.131. The molecule has 0 spiro atoms. The molecule has 0 saturated heterocycles. The third kappa shape index (κ3) is 4.23. The van der Waals surface area contributed by atoms with Gasteiger partial charge in [0.05, 0.1) is 10.8 Å². The Balaban J connectivity index is 2.19. The summed E-state index contributed by atoms with van der Waals surface area (Å²) in [4.78, 5) is 24.1. The molecule has 4 unspecified atom stereocenters. The molecule has 9 heteroatoms. The van der Waals surface area contributed by atoms with Crippen molar-refractivity contribution in [3.8, 4) is 0 Å². The molecular weight excluding hydrogens is 366 g/mol. The molecule has 1 aliphatic carbocycles. The van der Waals surface area contributed by atoms with E-state index in [1.807, 2.05) is 19.1 Å². The molecule has 0 bridgehead atoms. The van der Waals surface area contributed by atoms with E-state index in [-0.39, 0.29) is 22.5 Å². The second kappa shape index (κ2) is 7.59. The minimum atomic E-state index is -4.31. The van der Waals surface area contributed by atoms with Crippen molar-refractivity contribution >= 4 is 36.4 Å². The Kier molecular flexibility index (Phi) is 5.91. The second-order valence-electron chi connectivity index (χ2n) is 5.95. The third-order valence-electron chi connectivity index (χ3n) is 4.25. The Morgan fingerprint density at radius 2 is 1.84 bits per heavy atom. The van der Waals surface area contributed by atoms with Gasteiger partial charge in [-0.05, 0) is 43.5 Å². The van der Waals surface area contributed by atoms with Gasteiger partial charge in [-0.3, -0.25) is 14.1 Å². The largest absolute Gasteiger partial charge is 0.326 e. The van der Waals surface area contributed by atoms with Gasteiger partial charge in [0.15, 0.2) is 0 Å². The molecule has 136 valence electrons. The Hall–Kier alpha value is -1.84. The maximum atomic E-state index is 12.6. The van der Waals surface area contributed by atoms with E-state index in [2.05, 4.69) is 5.32 Å². The van der Waals surface area contributed by atoms with Crippen molar-refractivity contribution in [2.45, 2.75) is 25.2 Å². The van der Waals surface area contributed by atoms with E-state index in [1.165, 1.54) is 19.1 Å². The van der Waals surface area contributed by atoms with Crippen LogP contribution in [0.3, 0.4) is 0 Å². The molecule has 0 radical (unpaired) electrons. The lowest BCUT2D eigenvalue weighted by Crippen LogP contribution is -2.38. The molecule has 1 aromatic carbocycles. The van der Waals surface area contributed by atoms with Crippen LogP contribution in [0, 0.1) is 17.8 Å². The van der Waals surface area contributed by atoms with Crippen LogP contribution >= 0.6 is 0 Å². The number of carbonyl (C=O) groups excluding carboxylic acids is 2. The van der Waals surface area contributed by atoms with Crippen molar-refractivity contribution in [2.24, 2.45) is 17.8 Å². The Morgan fingerprint density at radius 3 is 2.36 bits per heavy atom. The first kappa shape index (κ1) is 19.5. The zero-order chi connectivity index (χ0) is 18.8. The Bertz CT molecular complexity index is 829. The van der Waals surface area contributed by atoms with E-state index < -0.39 is 30.8 Å². The summed E-state index contributed by atoms with van der Waals surface area (Å²) in [5.74, 6) is -1.37. The summed E-state index contributed by atoms with van der Waals surface area (Å²) in [6.45, 7) is 3.33. The molecule has 0 saturated carbocycles. The van der Waals surface area contributed by atoms with Crippen molar-refractivity contribution in [1.29, 1.82) is 0 Å². The highest BCUT2D eigenvalue weighted by atomic mass is 33.2. The Labute approximate surface area is 148 Å². The van der Waals surface area contributed by atoms with Crippen LogP contribution in [0.4, 0.5) is 5.69 Å². The van der Waals surface area contributed by atoms with Crippen LogP contribution in [0.5, 0.6) is 0 Å². The maximum absolute atomic E-state index is 12.6. The van der Waals surface area contributed by atoms with Crippen molar-refractivity contribution < 1.29 is 26.8 Å². The third-order valence-corrected chi connectivity index (χ3v) is 7.18. The van der Waals surface area contributed by atoms with Gasteiger partial charge in [0.25, 0.3) is 19.0 Å². The van der Waals surface area contributed by atoms with Crippen LogP contribution in [0.1, 0.15) is 20.3 Å². The van der Waals surface area contributed by atoms with Crippen molar-refractivity contribution in [3.63, 3.8) is 0 Å². The number of ketones is 1. The number of benzene rings is 1. The smallest absolute Gasteiger partial charge is 0.282 e. The van der Waals surface area contributed by atoms with Gasteiger partial charge in [0.1, 0.15) is 5.78 Å². The first-order chi connectivity index (χ1) is 11.6. The van der Waals surface area contributed by atoms with Gasteiger partial charge in [0, 0.05) is 11.6 Å². The van der Waals surface area contributed by atoms with Gasteiger partial charge in [-0.15, -0.1) is 0 Å². The van der Waals surface area contributed by atoms with Gasteiger partial charge in [-0.1, -0.05) is 19.1 Å². The SMILES string of the molecule is CC(=O)C1CC=CC(C)C1C(=O)Nc1ccc(S(=O)(=O)S(=O)O)cc1. The normalized spacial score (nSPS) is 24.5. The number of amides is 1. The molecule has 0 fully saturated rings. The fourth-order valence-corrected chi connectivity index (χ4v) is 4.39. The van der Waals surface area contributed by atoms with Crippen LogP contribution in [-0.4, -0.2) is 28.9 Å². The topological polar surface area (TPSA) is 118 Å². The summed E-state index contributed by atoms with van der Waals surface area (Å²) in [7, 11) is -7.33. The fraction of sp³-hybridized carbons (Fsp3) is 0.375. The molecule has 4 atom stereocenters. The highest BCUT2D eigenvalue weighted by molar-refractivity contribution is 8.62. The van der Waals surface area contributed by atoms with Crippen LogP contribution in [0.25, 0.3) is 0 Å². The van der Waals surface area contributed by atoms with Crippen molar-refractivity contribution in [3.05, 3.63) is 36.4 Å². The quantitative estimate of drug-likeness (QED) is 0.454. The van der Waals surface area contributed by atoms with E-state index in [0.717, 1.165) is 12.1 Å². The standard InChI is InChI=1S/C16H19NO6S2/c1-10-4-3-5-14(11(2)18)15(10)16(19)17-12-6-8-13(9-7-12)25(22,23)24(20)21/h3-4,6-10,14-15H,5H2,1-2H3,(H,17,19)(H,20,21). The van der Waals surface area contributed by atoms with Gasteiger partial charge in [-0.25, -0.2) is 12.6 Å². The second-order valence-corrected chi connectivity index (χ2v) is 9.94. The van der Waals surface area contributed by atoms with Crippen LogP contribution in [0.2, 0.25) is 0 Å². The van der Waals surface area contributed by atoms with E-state index in [4.69, 9.17) is 4.55 Å². The van der Waals surface area contributed by atoms with E-state index in [1.54, 1.807) is 0 Å². The predicted octanol–water partition coefficient (Wildman–Crippen LogP) is 1.95.